The van der Waals surface area contributed by atoms with Crippen LogP contribution < -0.4 is 9.64 Å². The highest BCUT2D eigenvalue weighted by molar-refractivity contribution is 14.1. The summed E-state index contributed by atoms with van der Waals surface area (Å²) in [4.78, 5) is 22.0. The molecule has 3 aromatic rings. The van der Waals surface area contributed by atoms with Gasteiger partial charge in [0, 0.05) is 16.7 Å². The summed E-state index contributed by atoms with van der Waals surface area (Å²) in [6.45, 7) is 3.37. The Hall–Kier alpha value is -1.71. The fraction of sp³-hybridized carbons (Fsp3) is 0.300. The number of nitrogens with zero attached hydrogens (tertiary/aromatic N) is 3. The van der Waals surface area contributed by atoms with Crippen LogP contribution in [0.2, 0.25) is 0 Å². The molecule has 27 heavy (non-hydrogen) atoms. The largest absolute Gasteiger partial charge is 0.494 e. The van der Waals surface area contributed by atoms with Gasteiger partial charge in [-0.15, -0.1) is 0 Å². The highest BCUT2D eigenvalue weighted by Crippen LogP contribution is 2.37. The number of benzene rings is 2. The lowest BCUT2D eigenvalue weighted by atomic mass is 10.2. The second-order valence-corrected chi connectivity index (χ2v) is 8.64. The van der Waals surface area contributed by atoms with Crippen LogP contribution >= 0.6 is 33.9 Å². The van der Waals surface area contributed by atoms with E-state index < -0.39 is 0 Å². The SMILES string of the molecule is COc1ccc(C)c2sc(N(CCN(C)C)C(=O)c3ccccc3I)nc12. The Morgan fingerprint density at radius 3 is 2.59 bits per heavy atom. The molecule has 0 spiro atoms. The maximum Gasteiger partial charge on any atom is 0.261 e. The third-order valence-corrected chi connectivity index (χ3v) is 6.42. The number of carbonyl (C=O) groups is 1. The number of amides is 1. The van der Waals surface area contributed by atoms with Crippen LogP contribution in [0.1, 0.15) is 15.9 Å². The van der Waals surface area contributed by atoms with Crippen molar-refractivity contribution in [2.75, 3.05) is 39.2 Å². The highest BCUT2D eigenvalue weighted by Gasteiger charge is 2.24. The number of carbonyl (C=O) groups excluding carboxylic acids is 1. The molecule has 1 amide bonds. The second kappa shape index (κ2) is 8.53. The van der Waals surface area contributed by atoms with E-state index in [0.717, 1.165) is 31.6 Å². The molecule has 142 valence electrons. The summed E-state index contributed by atoms with van der Waals surface area (Å²) in [7, 11) is 5.64. The fourth-order valence-electron chi connectivity index (χ4n) is 2.74. The fourth-order valence-corrected chi connectivity index (χ4v) is 4.44. The van der Waals surface area contributed by atoms with E-state index >= 15 is 0 Å². The number of anilines is 1. The number of likely N-dealkylation sites (N-methyl/N-ethyl adjacent to an activating group) is 1. The summed E-state index contributed by atoms with van der Waals surface area (Å²) in [5.41, 5.74) is 2.63. The first-order valence-electron chi connectivity index (χ1n) is 8.57. The molecule has 1 heterocycles. The van der Waals surface area contributed by atoms with Gasteiger partial charge in [0.25, 0.3) is 5.91 Å². The minimum absolute atomic E-state index is 0.0301. The van der Waals surface area contributed by atoms with Gasteiger partial charge in [0.05, 0.1) is 17.4 Å². The lowest BCUT2D eigenvalue weighted by Gasteiger charge is -2.22. The standard InChI is InChI=1S/C20H22IN3O2S/c1-13-9-10-16(26-4)17-18(13)27-20(22-17)24(12-11-23(2)3)19(25)14-7-5-6-8-15(14)21/h5-10H,11-12H2,1-4H3. The molecule has 7 heteroatoms. The van der Waals surface area contributed by atoms with Gasteiger partial charge in [-0.3, -0.25) is 9.69 Å². The number of fused-ring (bicyclic) bond motifs is 1. The first-order chi connectivity index (χ1) is 12.9. The molecule has 0 aliphatic carbocycles. The Morgan fingerprint density at radius 2 is 1.93 bits per heavy atom. The van der Waals surface area contributed by atoms with Crippen LogP contribution in [0.15, 0.2) is 36.4 Å². The molecule has 0 atom stereocenters. The van der Waals surface area contributed by atoms with Gasteiger partial charge in [0.15, 0.2) is 5.13 Å². The van der Waals surface area contributed by atoms with Crippen molar-refractivity contribution >= 4 is 55.2 Å². The van der Waals surface area contributed by atoms with Gasteiger partial charge in [-0.1, -0.05) is 29.5 Å². The number of ether oxygens (including phenoxy) is 1. The number of aryl methyl sites for hydroxylation is 1. The first-order valence-corrected chi connectivity index (χ1v) is 10.5. The van der Waals surface area contributed by atoms with Crippen molar-refractivity contribution in [3.63, 3.8) is 0 Å². The summed E-state index contributed by atoms with van der Waals surface area (Å²) in [5, 5.41) is 0.698. The number of hydrogen-bond donors (Lipinski definition) is 0. The average molecular weight is 495 g/mol. The van der Waals surface area contributed by atoms with Crippen LogP contribution in [-0.4, -0.2) is 50.1 Å². The van der Waals surface area contributed by atoms with E-state index in [4.69, 9.17) is 9.72 Å². The van der Waals surface area contributed by atoms with E-state index in [1.165, 1.54) is 11.3 Å². The van der Waals surface area contributed by atoms with E-state index in [9.17, 15) is 4.79 Å². The summed E-state index contributed by atoms with van der Waals surface area (Å²) >= 11 is 3.74. The van der Waals surface area contributed by atoms with Crippen LogP contribution in [0.3, 0.4) is 0 Å². The number of thiazole rings is 1. The van der Waals surface area contributed by atoms with Crippen molar-refractivity contribution < 1.29 is 9.53 Å². The zero-order valence-corrected chi connectivity index (χ0v) is 18.8. The lowest BCUT2D eigenvalue weighted by Crippen LogP contribution is -2.37. The van der Waals surface area contributed by atoms with Gasteiger partial charge in [0.2, 0.25) is 0 Å². The van der Waals surface area contributed by atoms with E-state index in [2.05, 4.69) is 34.4 Å². The zero-order valence-electron chi connectivity index (χ0n) is 15.8. The molecule has 0 aliphatic rings. The van der Waals surface area contributed by atoms with Crippen LogP contribution in [0.25, 0.3) is 10.2 Å². The van der Waals surface area contributed by atoms with E-state index in [-0.39, 0.29) is 5.91 Å². The van der Waals surface area contributed by atoms with Crippen LogP contribution in [0.4, 0.5) is 5.13 Å². The molecule has 0 radical (unpaired) electrons. The monoisotopic (exact) mass is 495 g/mol. The third-order valence-electron chi connectivity index (χ3n) is 4.26. The van der Waals surface area contributed by atoms with Crippen molar-refractivity contribution in [2.45, 2.75) is 6.92 Å². The van der Waals surface area contributed by atoms with Crippen molar-refractivity contribution in [1.29, 1.82) is 0 Å². The topological polar surface area (TPSA) is 45.7 Å². The molecular formula is C20H22IN3O2S. The molecule has 0 fully saturated rings. The number of hydrogen-bond acceptors (Lipinski definition) is 5. The van der Waals surface area contributed by atoms with Gasteiger partial charge >= 0.3 is 0 Å². The molecule has 0 saturated heterocycles. The number of rotatable bonds is 6. The Bertz CT molecular complexity index is 971. The highest BCUT2D eigenvalue weighted by atomic mass is 127. The second-order valence-electron chi connectivity index (χ2n) is 6.50. The Balaban J connectivity index is 2.08. The third kappa shape index (κ3) is 4.25. The molecular weight excluding hydrogens is 473 g/mol. The van der Waals surface area contributed by atoms with Crippen molar-refractivity contribution in [3.8, 4) is 5.75 Å². The quantitative estimate of drug-likeness (QED) is 0.475. The average Bonchev–Trinajstić information content (AvgIpc) is 3.08. The van der Waals surface area contributed by atoms with Gasteiger partial charge < -0.3 is 9.64 Å². The maximum absolute atomic E-state index is 13.3. The van der Waals surface area contributed by atoms with Crippen molar-refractivity contribution in [1.82, 2.24) is 9.88 Å². The molecule has 0 unspecified atom stereocenters. The summed E-state index contributed by atoms with van der Waals surface area (Å²) < 4.78 is 7.45. The Kier molecular flexibility index (Phi) is 6.33. The van der Waals surface area contributed by atoms with Crippen LogP contribution in [0.5, 0.6) is 5.75 Å². The smallest absolute Gasteiger partial charge is 0.261 e. The minimum Gasteiger partial charge on any atom is -0.494 e. The Labute approximate surface area is 177 Å². The summed E-state index contributed by atoms with van der Waals surface area (Å²) in [6, 6.07) is 11.6. The maximum atomic E-state index is 13.3. The van der Waals surface area contributed by atoms with Gasteiger partial charge in [-0.05, 0) is 67.4 Å². The zero-order chi connectivity index (χ0) is 19.6. The Morgan fingerprint density at radius 1 is 1.19 bits per heavy atom. The molecule has 0 saturated carbocycles. The molecule has 3 rings (SSSR count). The van der Waals surface area contributed by atoms with E-state index in [0.29, 0.717) is 17.2 Å². The summed E-state index contributed by atoms with van der Waals surface area (Å²) in [5.74, 6) is 0.699. The van der Waals surface area contributed by atoms with Crippen molar-refractivity contribution in [3.05, 3.63) is 51.1 Å². The van der Waals surface area contributed by atoms with E-state index in [1.807, 2.05) is 50.5 Å². The predicted molar refractivity (Wildman–Crippen MR) is 120 cm³/mol. The minimum atomic E-state index is -0.0301. The molecule has 1 aromatic heterocycles. The number of aromatic nitrogens is 1. The predicted octanol–water partition coefficient (Wildman–Crippen LogP) is 4.43. The summed E-state index contributed by atoms with van der Waals surface area (Å²) in [6.07, 6.45) is 0. The molecule has 2 aromatic carbocycles. The normalized spacial score (nSPS) is 11.2. The molecule has 0 bridgehead atoms. The van der Waals surface area contributed by atoms with Crippen LogP contribution in [0, 0.1) is 10.5 Å². The molecule has 0 N–H and O–H groups in total. The van der Waals surface area contributed by atoms with Gasteiger partial charge in [0.1, 0.15) is 11.3 Å². The van der Waals surface area contributed by atoms with E-state index in [1.54, 1.807) is 12.0 Å². The number of methoxy groups -OCH3 is 1. The molecule has 5 nitrogen and oxygen atoms in total. The first kappa shape index (κ1) is 20.0. The number of halogens is 1. The van der Waals surface area contributed by atoms with Crippen LogP contribution in [-0.2, 0) is 0 Å². The van der Waals surface area contributed by atoms with Crippen molar-refractivity contribution in [2.24, 2.45) is 0 Å². The lowest BCUT2D eigenvalue weighted by molar-refractivity contribution is 0.0984. The molecule has 0 aliphatic heterocycles. The van der Waals surface area contributed by atoms with Gasteiger partial charge in [-0.25, -0.2) is 4.98 Å². The van der Waals surface area contributed by atoms with Gasteiger partial charge in [-0.2, -0.15) is 0 Å².